The summed E-state index contributed by atoms with van der Waals surface area (Å²) in [5.74, 6) is 0.713. The van der Waals surface area contributed by atoms with Gasteiger partial charge in [-0.05, 0) is 31.4 Å². The van der Waals surface area contributed by atoms with E-state index in [1.807, 2.05) is 23.1 Å². The average Bonchev–Trinajstić information content (AvgIpc) is 2.52. The summed E-state index contributed by atoms with van der Waals surface area (Å²) in [7, 11) is 0. The molecule has 1 aromatic rings. The normalized spacial score (nSPS) is 17.7. The van der Waals surface area contributed by atoms with Crippen LogP contribution in [0.5, 0.6) is 5.75 Å². The number of nitrogens with one attached hydrogen (secondary N) is 1. The first-order chi connectivity index (χ1) is 11.1. The fourth-order valence-corrected chi connectivity index (χ4v) is 2.92. The van der Waals surface area contributed by atoms with E-state index < -0.39 is 0 Å². The number of hydrogen-bond donors (Lipinski definition) is 1. The van der Waals surface area contributed by atoms with E-state index in [1.165, 1.54) is 6.92 Å². The Labute approximate surface area is 141 Å². The summed E-state index contributed by atoms with van der Waals surface area (Å²) in [5.41, 5.74) is 0. The Morgan fingerprint density at radius 3 is 2.91 bits per heavy atom. The Hall–Kier alpha value is -1.75. The number of halogens is 1. The molecule has 23 heavy (non-hydrogen) atoms. The molecule has 1 heterocycles. The van der Waals surface area contributed by atoms with Gasteiger partial charge in [0.2, 0.25) is 11.8 Å². The molecular formula is C17H23ClN2O3. The summed E-state index contributed by atoms with van der Waals surface area (Å²) in [6, 6.07) is 7.37. The number of amides is 2. The van der Waals surface area contributed by atoms with E-state index in [9.17, 15) is 9.59 Å². The lowest BCUT2D eigenvalue weighted by atomic mass is 10.1. The van der Waals surface area contributed by atoms with Gasteiger partial charge in [0.05, 0.1) is 11.6 Å². The van der Waals surface area contributed by atoms with Crippen LogP contribution < -0.4 is 10.1 Å². The summed E-state index contributed by atoms with van der Waals surface area (Å²) in [4.78, 5) is 25.2. The van der Waals surface area contributed by atoms with Gasteiger partial charge in [0.25, 0.3) is 0 Å². The third kappa shape index (κ3) is 5.75. The van der Waals surface area contributed by atoms with Gasteiger partial charge in [-0.3, -0.25) is 9.59 Å². The number of carbonyl (C=O) groups is 2. The minimum Gasteiger partial charge on any atom is -0.492 e. The minimum atomic E-state index is -0.0440. The molecule has 0 bridgehead atoms. The van der Waals surface area contributed by atoms with E-state index >= 15 is 0 Å². The first-order valence-electron chi connectivity index (χ1n) is 7.98. The molecule has 0 aliphatic carbocycles. The van der Waals surface area contributed by atoms with Crippen LogP contribution in [-0.4, -0.2) is 42.5 Å². The molecule has 5 nitrogen and oxygen atoms in total. The number of piperidine rings is 1. The molecule has 2 rings (SSSR count). The number of nitrogens with zero attached hydrogens (tertiary/aromatic N) is 1. The molecule has 1 saturated heterocycles. The highest BCUT2D eigenvalue weighted by Crippen LogP contribution is 2.23. The molecule has 1 aromatic carbocycles. The van der Waals surface area contributed by atoms with Crippen molar-refractivity contribution in [2.45, 2.75) is 38.6 Å². The second kappa shape index (κ2) is 8.77. The van der Waals surface area contributed by atoms with Crippen molar-refractivity contribution in [3.63, 3.8) is 0 Å². The van der Waals surface area contributed by atoms with E-state index in [2.05, 4.69) is 5.32 Å². The fourth-order valence-electron chi connectivity index (χ4n) is 2.73. The minimum absolute atomic E-state index is 0.0440. The maximum Gasteiger partial charge on any atom is 0.222 e. The van der Waals surface area contributed by atoms with Crippen molar-refractivity contribution >= 4 is 23.4 Å². The molecule has 126 valence electrons. The number of likely N-dealkylation sites (tertiary alicyclic amines) is 1. The standard InChI is InChI=1S/C17H23ClN2O3/c1-13(21)19-14-6-4-10-20(12-14)17(22)9-5-11-23-16-8-3-2-7-15(16)18/h2-3,7-8,14H,4-6,9-12H2,1H3,(H,19,21)/t14-/m1/s1. The van der Waals surface area contributed by atoms with Crippen LogP contribution in [0.1, 0.15) is 32.6 Å². The van der Waals surface area contributed by atoms with Crippen molar-refractivity contribution in [3.05, 3.63) is 29.3 Å². The number of carbonyl (C=O) groups excluding carboxylic acids is 2. The van der Waals surface area contributed by atoms with E-state index in [4.69, 9.17) is 16.3 Å². The number of hydrogen-bond acceptors (Lipinski definition) is 3. The number of para-hydroxylation sites is 1. The molecular weight excluding hydrogens is 316 g/mol. The maximum absolute atomic E-state index is 12.2. The van der Waals surface area contributed by atoms with E-state index in [0.29, 0.717) is 36.8 Å². The average molecular weight is 339 g/mol. The monoisotopic (exact) mass is 338 g/mol. The maximum atomic E-state index is 12.2. The number of ether oxygens (including phenoxy) is 1. The number of rotatable bonds is 6. The molecule has 1 aliphatic rings. The highest BCUT2D eigenvalue weighted by molar-refractivity contribution is 6.32. The van der Waals surface area contributed by atoms with Gasteiger partial charge in [0.15, 0.2) is 0 Å². The SMILES string of the molecule is CC(=O)N[C@@H]1CCCN(C(=O)CCCOc2ccccc2Cl)C1. The fraction of sp³-hybridized carbons (Fsp3) is 0.529. The van der Waals surface area contributed by atoms with Crippen LogP contribution in [0, 0.1) is 0 Å². The van der Waals surface area contributed by atoms with Crippen LogP contribution in [-0.2, 0) is 9.59 Å². The summed E-state index contributed by atoms with van der Waals surface area (Å²) in [6.07, 6.45) is 2.94. The second-order valence-corrected chi connectivity index (χ2v) is 6.17. The van der Waals surface area contributed by atoms with Gasteiger partial charge in [0, 0.05) is 32.5 Å². The Kier molecular flexibility index (Phi) is 6.71. The lowest BCUT2D eigenvalue weighted by molar-refractivity contribution is -0.133. The molecule has 1 N–H and O–H groups in total. The second-order valence-electron chi connectivity index (χ2n) is 5.76. The predicted octanol–water partition coefficient (Wildman–Crippen LogP) is 2.63. The Morgan fingerprint density at radius 2 is 2.17 bits per heavy atom. The van der Waals surface area contributed by atoms with E-state index in [1.54, 1.807) is 6.07 Å². The van der Waals surface area contributed by atoms with Crippen LogP contribution in [0.4, 0.5) is 0 Å². The topological polar surface area (TPSA) is 58.6 Å². The van der Waals surface area contributed by atoms with Crippen LogP contribution in [0.25, 0.3) is 0 Å². The van der Waals surface area contributed by atoms with Crippen molar-refractivity contribution in [1.82, 2.24) is 10.2 Å². The molecule has 1 fully saturated rings. The predicted molar refractivity (Wildman–Crippen MR) is 89.6 cm³/mol. The molecule has 6 heteroatoms. The summed E-state index contributed by atoms with van der Waals surface area (Å²) in [5, 5.41) is 3.47. The zero-order valence-electron chi connectivity index (χ0n) is 13.4. The third-order valence-corrected chi connectivity index (χ3v) is 4.12. The lowest BCUT2D eigenvalue weighted by Crippen LogP contribution is -2.49. The first kappa shape index (κ1) is 17.6. The van der Waals surface area contributed by atoms with Crippen LogP contribution in [0.3, 0.4) is 0 Å². The van der Waals surface area contributed by atoms with Crippen LogP contribution in [0.15, 0.2) is 24.3 Å². The summed E-state index contributed by atoms with van der Waals surface area (Å²) in [6.45, 7) is 3.33. The molecule has 0 unspecified atom stereocenters. The van der Waals surface area contributed by atoms with Crippen molar-refractivity contribution in [3.8, 4) is 5.75 Å². The van der Waals surface area contributed by atoms with Crippen molar-refractivity contribution < 1.29 is 14.3 Å². The van der Waals surface area contributed by atoms with Gasteiger partial charge >= 0.3 is 0 Å². The highest BCUT2D eigenvalue weighted by Gasteiger charge is 2.23. The molecule has 1 aliphatic heterocycles. The Balaban J connectivity index is 1.70. The molecule has 1 atom stereocenters. The molecule has 2 amide bonds. The quantitative estimate of drug-likeness (QED) is 0.811. The van der Waals surface area contributed by atoms with Crippen molar-refractivity contribution in [1.29, 1.82) is 0 Å². The van der Waals surface area contributed by atoms with Gasteiger partial charge in [-0.25, -0.2) is 0 Å². The largest absolute Gasteiger partial charge is 0.492 e. The van der Waals surface area contributed by atoms with E-state index in [-0.39, 0.29) is 17.9 Å². The summed E-state index contributed by atoms with van der Waals surface area (Å²) < 4.78 is 5.59. The van der Waals surface area contributed by atoms with Gasteiger partial charge in [0.1, 0.15) is 5.75 Å². The molecule has 0 aromatic heterocycles. The zero-order valence-corrected chi connectivity index (χ0v) is 14.1. The van der Waals surface area contributed by atoms with Crippen LogP contribution in [0.2, 0.25) is 5.02 Å². The molecule has 0 saturated carbocycles. The molecule has 0 radical (unpaired) electrons. The van der Waals surface area contributed by atoms with E-state index in [0.717, 1.165) is 19.4 Å². The lowest BCUT2D eigenvalue weighted by Gasteiger charge is -2.33. The van der Waals surface area contributed by atoms with Crippen LogP contribution >= 0.6 is 11.6 Å². The first-order valence-corrected chi connectivity index (χ1v) is 8.36. The Morgan fingerprint density at radius 1 is 1.39 bits per heavy atom. The Bertz CT molecular complexity index is 550. The van der Waals surface area contributed by atoms with Crippen molar-refractivity contribution in [2.24, 2.45) is 0 Å². The number of benzene rings is 1. The van der Waals surface area contributed by atoms with Gasteiger partial charge in [-0.1, -0.05) is 23.7 Å². The van der Waals surface area contributed by atoms with Gasteiger partial charge < -0.3 is 15.0 Å². The zero-order chi connectivity index (χ0) is 16.7. The van der Waals surface area contributed by atoms with Gasteiger partial charge in [-0.15, -0.1) is 0 Å². The third-order valence-electron chi connectivity index (χ3n) is 3.81. The summed E-state index contributed by atoms with van der Waals surface area (Å²) >= 11 is 6.01. The smallest absolute Gasteiger partial charge is 0.222 e. The van der Waals surface area contributed by atoms with Gasteiger partial charge in [-0.2, -0.15) is 0 Å². The van der Waals surface area contributed by atoms with Crippen molar-refractivity contribution in [2.75, 3.05) is 19.7 Å². The molecule has 0 spiro atoms. The highest BCUT2D eigenvalue weighted by atomic mass is 35.5.